The number of aromatic nitrogens is 2. The summed E-state index contributed by atoms with van der Waals surface area (Å²) in [6.07, 6.45) is 7.78. The highest BCUT2D eigenvalue weighted by Crippen LogP contribution is 2.30. The van der Waals surface area contributed by atoms with Crippen LogP contribution in [0.25, 0.3) is 0 Å². The van der Waals surface area contributed by atoms with Crippen LogP contribution in [0.3, 0.4) is 0 Å². The molecule has 0 unspecified atom stereocenters. The summed E-state index contributed by atoms with van der Waals surface area (Å²) < 4.78 is 2.18. The van der Waals surface area contributed by atoms with Crippen LogP contribution in [0.2, 0.25) is 0 Å². The highest BCUT2D eigenvalue weighted by molar-refractivity contribution is 7.12. The van der Waals surface area contributed by atoms with E-state index in [9.17, 15) is 0 Å². The maximum Gasteiger partial charge on any atom is 0.0948 e. The molecule has 0 radical (unpaired) electrons. The largest absolute Gasteiger partial charge is 0.334 e. The second kappa shape index (κ2) is 5.24. The normalized spacial score (nSPS) is 14.1. The van der Waals surface area contributed by atoms with E-state index in [1.54, 1.807) is 10.4 Å². The van der Waals surface area contributed by atoms with Crippen molar-refractivity contribution in [3.8, 4) is 0 Å². The lowest BCUT2D eigenvalue weighted by molar-refractivity contribution is 0.632. The minimum absolute atomic E-state index is 0.899. The third-order valence-corrected chi connectivity index (χ3v) is 4.78. The fraction of sp³-hybridized carbons (Fsp3) is 0.500. The number of thiophene rings is 1. The quantitative estimate of drug-likeness (QED) is 0.897. The molecule has 4 heteroatoms. The topological polar surface area (TPSA) is 29.9 Å². The van der Waals surface area contributed by atoms with E-state index in [1.807, 2.05) is 23.9 Å². The predicted molar refractivity (Wildman–Crippen MR) is 74.8 cm³/mol. The van der Waals surface area contributed by atoms with E-state index in [0.717, 1.165) is 19.6 Å². The van der Waals surface area contributed by atoms with Gasteiger partial charge in [0.1, 0.15) is 0 Å². The van der Waals surface area contributed by atoms with Gasteiger partial charge in [0.2, 0.25) is 0 Å². The van der Waals surface area contributed by atoms with Gasteiger partial charge in [0.15, 0.2) is 0 Å². The second-order valence-corrected chi connectivity index (χ2v) is 6.01. The Bertz CT molecular complexity index is 505. The average Bonchev–Trinajstić information content (AvgIpc) is 3.02. The predicted octanol–water partition coefficient (Wildman–Crippen LogP) is 2.74. The van der Waals surface area contributed by atoms with Gasteiger partial charge in [0, 0.05) is 35.6 Å². The molecule has 2 aromatic rings. The summed E-state index contributed by atoms with van der Waals surface area (Å²) in [6.45, 7) is 5.02. The first-order valence-electron chi connectivity index (χ1n) is 6.67. The van der Waals surface area contributed by atoms with Gasteiger partial charge in [-0.25, -0.2) is 4.98 Å². The van der Waals surface area contributed by atoms with Crippen molar-refractivity contribution < 1.29 is 0 Å². The van der Waals surface area contributed by atoms with Crippen LogP contribution in [0.5, 0.6) is 0 Å². The van der Waals surface area contributed by atoms with Crippen molar-refractivity contribution in [1.82, 2.24) is 14.9 Å². The zero-order valence-corrected chi connectivity index (χ0v) is 11.6. The Morgan fingerprint density at radius 3 is 3.17 bits per heavy atom. The van der Waals surface area contributed by atoms with Crippen LogP contribution in [0.1, 0.15) is 34.4 Å². The van der Waals surface area contributed by atoms with Crippen LogP contribution < -0.4 is 5.32 Å². The molecule has 2 heterocycles. The SMILES string of the molecule is CCn1cncc1CNCc1cc2c(s1)CCC2. The Balaban J connectivity index is 1.55. The number of aryl methyl sites for hydroxylation is 3. The maximum atomic E-state index is 4.18. The lowest BCUT2D eigenvalue weighted by Gasteiger charge is -2.06. The molecule has 1 aliphatic carbocycles. The fourth-order valence-electron chi connectivity index (χ4n) is 2.57. The third-order valence-electron chi connectivity index (χ3n) is 3.54. The van der Waals surface area contributed by atoms with Crippen molar-refractivity contribution in [1.29, 1.82) is 0 Å². The summed E-state index contributed by atoms with van der Waals surface area (Å²) in [6, 6.07) is 2.39. The van der Waals surface area contributed by atoms with E-state index in [-0.39, 0.29) is 0 Å². The van der Waals surface area contributed by atoms with Crippen LogP contribution in [0, 0.1) is 0 Å². The number of imidazole rings is 1. The summed E-state index contributed by atoms with van der Waals surface area (Å²) in [5.41, 5.74) is 2.86. The number of hydrogen-bond acceptors (Lipinski definition) is 3. The van der Waals surface area contributed by atoms with Gasteiger partial charge in [-0.3, -0.25) is 0 Å². The Hall–Kier alpha value is -1.13. The number of fused-ring (bicyclic) bond motifs is 1. The first kappa shape index (κ1) is 11.9. The lowest BCUT2D eigenvalue weighted by Crippen LogP contribution is -2.14. The van der Waals surface area contributed by atoms with E-state index < -0.39 is 0 Å². The summed E-state index contributed by atoms with van der Waals surface area (Å²) >= 11 is 1.98. The van der Waals surface area contributed by atoms with Crippen molar-refractivity contribution in [2.75, 3.05) is 0 Å². The molecular weight excluding hydrogens is 242 g/mol. The molecule has 2 aromatic heterocycles. The van der Waals surface area contributed by atoms with Gasteiger partial charge >= 0.3 is 0 Å². The molecule has 3 nitrogen and oxygen atoms in total. The molecule has 0 saturated heterocycles. The highest BCUT2D eigenvalue weighted by Gasteiger charge is 2.14. The molecule has 0 fully saturated rings. The van der Waals surface area contributed by atoms with E-state index in [0.29, 0.717) is 0 Å². The first-order chi connectivity index (χ1) is 8.86. The van der Waals surface area contributed by atoms with Crippen molar-refractivity contribution in [2.45, 2.75) is 45.8 Å². The number of rotatable bonds is 5. The van der Waals surface area contributed by atoms with Gasteiger partial charge in [-0.1, -0.05) is 0 Å². The second-order valence-electron chi connectivity index (χ2n) is 4.79. The van der Waals surface area contributed by atoms with Gasteiger partial charge in [0.05, 0.1) is 12.0 Å². The zero-order valence-electron chi connectivity index (χ0n) is 10.8. The zero-order chi connectivity index (χ0) is 12.4. The van der Waals surface area contributed by atoms with Crippen LogP contribution >= 0.6 is 11.3 Å². The van der Waals surface area contributed by atoms with Gasteiger partial charge in [-0.15, -0.1) is 11.3 Å². The van der Waals surface area contributed by atoms with Crippen LogP contribution in [0.15, 0.2) is 18.6 Å². The van der Waals surface area contributed by atoms with E-state index in [4.69, 9.17) is 0 Å². The fourth-order valence-corrected chi connectivity index (χ4v) is 3.80. The molecule has 0 spiro atoms. The van der Waals surface area contributed by atoms with Gasteiger partial charge < -0.3 is 9.88 Å². The molecule has 0 aromatic carbocycles. The summed E-state index contributed by atoms with van der Waals surface area (Å²) in [7, 11) is 0. The number of nitrogens with one attached hydrogen (secondary N) is 1. The standard InChI is InChI=1S/C14H19N3S/c1-2-17-10-16-8-12(17)7-15-9-13-6-11-4-3-5-14(11)18-13/h6,8,10,15H,2-5,7,9H2,1H3. The molecule has 0 atom stereocenters. The van der Waals surface area contributed by atoms with E-state index >= 15 is 0 Å². The number of nitrogens with zero attached hydrogens (tertiary/aromatic N) is 2. The van der Waals surface area contributed by atoms with Crippen LogP contribution in [0.4, 0.5) is 0 Å². The molecule has 96 valence electrons. The average molecular weight is 261 g/mol. The molecule has 1 N–H and O–H groups in total. The Morgan fingerprint density at radius 1 is 1.39 bits per heavy atom. The monoisotopic (exact) mass is 261 g/mol. The summed E-state index contributed by atoms with van der Waals surface area (Å²) in [4.78, 5) is 7.28. The summed E-state index contributed by atoms with van der Waals surface area (Å²) in [5.74, 6) is 0. The van der Waals surface area contributed by atoms with Crippen molar-refractivity contribution in [2.24, 2.45) is 0 Å². The third kappa shape index (κ3) is 2.35. The van der Waals surface area contributed by atoms with Crippen LogP contribution in [-0.4, -0.2) is 9.55 Å². The van der Waals surface area contributed by atoms with Gasteiger partial charge in [0.25, 0.3) is 0 Å². The molecule has 0 aliphatic heterocycles. The van der Waals surface area contributed by atoms with Crippen molar-refractivity contribution >= 4 is 11.3 Å². The Labute approximate surface area is 112 Å². The van der Waals surface area contributed by atoms with Crippen molar-refractivity contribution in [3.05, 3.63) is 39.6 Å². The molecule has 3 rings (SSSR count). The molecule has 0 amide bonds. The minimum Gasteiger partial charge on any atom is -0.334 e. The van der Waals surface area contributed by atoms with E-state index in [2.05, 4.69) is 27.9 Å². The maximum absolute atomic E-state index is 4.18. The lowest BCUT2D eigenvalue weighted by atomic mass is 10.2. The summed E-state index contributed by atoms with van der Waals surface area (Å²) in [5, 5.41) is 3.52. The minimum atomic E-state index is 0.899. The van der Waals surface area contributed by atoms with Crippen LogP contribution in [-0.2, 0) is 32.5 Å². The molecular formula is C14H19N3S. The molecule has 0 bridgehead atoms. The first-order valence-corrected chi connectivity index (χ1v) is 7.48. The van der Waals surface area contributed by atoms with Crippen molar-refractivity contribution in [3.63, 3.8) is 0 Å². The van der Waals surface area contributed by atoms with Gasteiger partial charge in [-0.2, -0.15) is 0 Å². The molecule has 1 aliphatic rings. The van der Waals surface area contributed by atoms with Gasteiger partial charge in [-0.05, 0) is 37.8 Å². The smallest absolute Gasteiger partial charge is 0.0948 e. The highest BCUT2D eigenvalue weighted by atomic mass is 32.1. The molecule has 0 saturated carbocycles. The molecule has 18 heavy (non-hydrogen) atoms. The Morgan fingerprint density at radius 2 is 2.33 bits per heavy atom. The number of hydrogen-bond donors (Lipinski definition) is 1. The Kier molecular flexibility index (Phi) is 3.48. The van der Waals surface area contributed by atoms with E-state index in [1.165, 1.54) is 29.8 Å².